The summed E-state index contributed by atoms with van der Waals surface area (Å²) in [7, 11) is 4.15. The van der Waals surface area contributed by atoms with Gasteiger partial charge in [-0.2, -0.15) is 0 Å². The number of rotatable bonds is 4. The van der Waals surface area contributed by atoms with Crippen molar-refractivity contribution in [2.75, 3.05) is 24.3 Å². The molecule has 0 saturated carbocycles. The molecule has 0 heterocycles. The predicted molar refractivity (Wildman–Crippen MR) is 62.9 cm³/mol. The summed E-state index contributed by atoms with van der Waals surface area (Å²) in [5.41, 5.74) is 2.71. The SMILES string of the molecule is CN(C)c1cccc(CCCBr)c1. The monoisotopic (exact) mass is 241 g/mol. The van der Waals surface area contributed by atoms with Crippen LogP contribution in [0.15, 0.2) is 24.3 Å². The molecule has 0 fully saturated rings. The Hall–Kier alpha value is -0.500. The molecule has 2 heteroatoms. The Morgan fingerprint density at radius 3 is 2.69 bits per heavy atom. The van der Waals surface area contributed by atoms with Gasteiger partial charge in [-0.1, -0.05) is 28.1 Å². The van der Waals surface area contributed by atoms with Crippen LogP contribution in [0.4, 0.5) is 5.69 Å². The van der Waals surface area contributed by atoms with Crippen molar-refractivity contribution in [3.63, 3.8) is 0 Å². The quantitative estimate of drug-likeness (QED) is 0.733. The molecule has 0 aliphatic heterocycles. The molecule has 0 atom stereocenters. The van der Waals surface area contributed by atoms with Crippen molar-refractivity contribution in [1.29, 1.82) is 0 Å². The van der Waals surface area contributed by atoms with Gasteiger partial charge < -0.3 is 4.90 Å². The Labute approximate surface area is 88.9 Å². The van der Waals surface area contributed by atoms with Gasteiger partial charge in [0.2, 0.25) is 0 Å². The minimum atomic E-state index is 1.08. The standard InChI is InChI=1S/C11H16BrN/c1-13(2)11-7-3-5-10(9-11)6-4-8-12/h3,5,7,9H,4,6,8H2,1-2H3. The number of nitrogens with zero attached hydrogens (tertiary/aromatic N) is 1. The molecular formula is C11H16BrN. The zero-order valence-electron chi connectivity index (χ0n) is 8.26. The van der Waals surface area contributed by atoms with Crippen LogP contribution in [-0.2, 0) is 6.42 Å². The molecule has 1 aromatic rings. The van der Waals surface area contributed by atoms with E-state index in [1.165, 1.54) is 17.7 Å². The fraction of sp³-hybridized carbons (Fsp3) is 0.455. The van der Waals surface area contributed by atoms with Crippen LogP contribution in [0.25, 0.3) is 0 Å². The second-order valence-electron chi connectivity index (χ2n) is 3.36. The van der Waals surface area contributed by atoms with E-state index in [0.29, 0.717) is 0 Å². The lowest BCUT2D eigenvalue weighted by Gasteiger charge is -2.13. The molecule has 0 saturated heterocycles. The van der Waals surface area contributed by atoms with Crippen molar-refractivity contribution in [2.24, 2.45) is 0 Å². The van der Waals surface area contributed by atoms with Gasteiger partial charge >= 0.3 is 0 Å². The van der Waals surface area contributed by atoms with Gasteiger partial charge in [-0.3, -0.25) is 0 Å². The highest BCUT2D eigenvalue weighted by Gasteiger charge is 1.96. The lowest BCUT2D eigenvalue weighted by Crippen LogP contribution is -2.08. The van der Waals surface area contributed by atoms with Gasteiger partial charge in [-0.15, -0.1) is 0 Å². The molecule has 1 aromatic carbocycles. The molecule has 0 amide bonds. The van der Waals surface area contributed by atoms with E-state index in [2.05, 4.69) is 59.2 Å². The fourth-order valence-electron chi connectivity index (χ4n) is 1.26. The van der Waals surface area contributed by atoms with Crippen LogP contribution < -0.4 is 4.90 Å². The van der Waals surface area contributed by atoms with Gasteiger partial charge in [0, 0.05) is 25.1 Å². The fourth-order valence-corrected chi connectivity index (χ4v) is 1.54. The molecule has 0 aliphatic rings. The predicted octanol–water partition coefficient (Wildman–Crippen LogP) is 3.08. The summed E-state index contributed by atoms with van der Waals surface area (Å²) in [6.07, 6.45) is 2.36. The average molecular weight is 242 g/mol. The lowest BCUT2D eigenvalue weighted by atomic mass is 10.1. The van der Waals surface area contributed by atoms with Crippen LogP contribution >= 0.6 is 15.9 Å². The third-order valence-corrected chi connectivity index (χ3v) is 2.59. The second-order valence-corrected chi connectivity index (χ2v) is 4.15. The molecule has 1 nitrogen and oxygen atoms in total. The van der Waals surface area contributed by atoms with Crippen LogP contribution in [0, 0.1) is 0 Å². The van der Waals surface area contributed by atoms with Crippen LogP contribution in [0.3, 0.4) is 0 Å². The summed E-state index contributed by atoms with van der Waals surface area (Å²) in [6, 6.07) is 8.70. The molecular weight excluding hydrogens is 226 g/mol. The number of alkyl halides is 1. The van der Waals surface area contributed by atoms with E-state index < -0.39 is 0 Å². The van der Waals surface area contributed by atoms with Gasteiger partial charge in [0.25, 0.3) is 0 Å². The van der Waals surface area contributed by atoms with Gasteiger partial charge in [-0.25, -0.2) is 0 Å². The van der Waals surface area contributed by atoms with Crippen molar-refractivity contribution in [2.45, 2.75) is 12.8 Å². The Kier molecular flexibility index (Phi) is 4.29. The first-order valence-electron chi connectivity index (χ1n) is 4.56. The first-order valence-corrected chi connectivity index (χ1v) is 5.68. The normalized spacial score (nSPS) is 10.1. The summed E-state index contributed by atoms with van der Waals surface area (Å²) in [5.74, 6) is 0. The molecule has 0 bridgehead atoms. The molecule has 1 rings (SSSR count). The summed E-state index contributed by atoms with van der Waals surface area (Å²) in [6.45, 7) is 0. The van der Waals surface area contributed by atoms with Crippen molar-refractivity contribution < 1.29 is 0 Å². The minimum Gasteiger partial charge on any atom is -0.378 e. The summed E-state index contributed by atoms with van der Waals surface area (Å²) in [5, 5.41) is 1.08. The van der Waals surface area contributed by atoms with E-state index in [9.17, 15) is 0 Å². The van der Waals surface area contributed by atoms with E-state index in [1.807, 2.05) is 0 Å². The van der Waals surface area contributed by atoms with E-state index in [0.717, 1.165) is 11.8 Å². The molecule has 0 N–H and O–H groups in total. The highest BCUT2D eigenvalue weighted by molar-refractivity contribution is 9.09. The maximum absolute atomic E-state index is 3.44. The molecule has 0 unspecified atom stereocenters. The minimum absolute atomic E-state index is 1.08. The summed E-state index contributed by atoms with van der Waals surface area (Å²) >= 11 is 3.44. The van der Waals surface area contributed by atoms with Crippen molar-refractivity contribution in [1.82, 2.24) is 0 Å². The van der Waals surface area contributed by atoms with Crippen LogP contribution in [0.2, 0.25) is 0 Å². The first-order chi connectivity index (χ1) is 6.24. The van der Waals surface area contributed by atoms with Gasteiger partial charge in [0.1, 0.15) is 0 Å². The molecule has 72 valence electrons. The Balaban J connectivity index is 2.68. The zero-order chi connectivity index (χ0) is 9.68. The van der Waals surface area contributed by atoms with Crippen LogP contribution in [0.1, 0.15) is 12.0 Å². The molecule has 0 spiro atoms. The van der Waals surface area contributed by atoms with Crippen LogP contribution in [0.5, 0.6) is 0 Å². The Bertz CT molecular complexity index is 258. The maximum atomic E-state index is 3.44. The third-order valence-electron chi connectivity index (χ3n) is 2.03. The second kappa shape index (κ2) is 5.28. The average Bonchev–Trinajstić information content (AvgIpc) is 2.15. The first kappa shape index (κ1) is 10.6. The topological polar surface area (TPSA) is 3.24 Å². The van der Waals surface area contributed by atoms with Gasteiger partial charge in [0.05, 0.1) is 0 Å². The van der Waals surface area contributed by atoms with Crippen molar-refractivity contribution in [3.8, 4) is 0 Å². The highest BCUT2D eigenvalue weighted by Crippen LogP contribution is 2.14. The number of benzene rings is 1. The Morgan fingerprint density at radius 1 is 1.31 bits per heavy atom. The maximum Gasteiger partial charge on any atom is 0.0363 e. The third kappa shape index (κ3) is 3.39. The number of anilines is 1. The van der Waals surface area contributed by atoms with Crippen LogP contribution in [-0.4, -0.2) is 19.4 Å². The van der Waals surface area contributed by atoms with E-state index >= 15 is 0 Å². The highest BCUT2D eigenvalue weighted by atomic mass is 79.9. The van der Waals surface area contributed by atoms with E-state index in [4.69, 9.17) is 0 Å². The zero-order valence-corrected chi connectivity index (χ0v) is 9.84. The Morgan fingerprint density at radius 2 is 2.08 bits per heavy atom. The number of halogens is 1. The lowest BCUT2D eigenvalue weighted by molar-refractivity contribution is 0.937. The number of hydrogen-bond acceptors (Lipinski definition) is 1. The number of aryl methyl sites for hydroxylation is 1. The number of hydrogen-bond donors (Lipinski definition) is 0. The van der Waals surface area contributed by atoms with E-state index in [-0.39, 0.29) is 0 Å². The molecule has 0 aromatic heterocycles. The molecule has 13 heavy (non-hydrogen) atoms. The summed E-state index contributed by atoms with van der Waals surface area (Å²) < 4.78 is 0. The van der Waals surface area contributed by atoms with Gasteiger partial charge in [0.15, 0.2) is 0 Å². The smallest absolute Gasteiger partial charge is 0.0363 e. The van der Waals surface area contributed by atoms with Gasteiger partial charge in [-0.05, 0) is 30.5 Å². The molecule has 0 aliphatic carbocycles. The summed E-state index contributed by atoms with van der Waals surface area (Å²) in [4.78, 5) is 2.14. The molecule has 0 radical (unpaired) electrons. The largest absolute Gasteiger partial charge is 0.378 e. The van der Waals surface area contributed by atoms with Crippen molar-refractivity contribution >= 4 is 21.6 Å². The van der Waals surface area contributed by atoms with E-state index in [1.54, 1.807) is 0 Å². The van der Waals surface area contributed by atoms with Crippen molar-refractivity contribution in [3.05, 3.63) is 29.8 Å².